The summed E-state index contributed by atoms with van der Waals surface area (Å²) < 4.78 is 30.8. The molecule has 1 unspecified atom stereocenters. The highest BCUT2D eigenvalue weighted by atomic mass is 19.2. The molecule has 88 valence electrons. The number of carbonyl (C=O) groups excluding carboxylic acids is 1. The SMILES string of the molecule is CC(N)(COc1cccc(F)c1F)C(N)=O. The third kappa shape index (κ3) is 2.66. The first kappa shape index (κ1) is 12.4. The number of hydrogen-bond acceptors (Lipinski definition) is 3. The lowest BCUT2D eigenvalue weighted by Crippen LogP contribution is -2.53. The number of amides is 1. The molecule has 4 nitrogen and oxygen atoms in total. The van der Waals surface area contributed by atoms with E-state index in [1.165, 1.54) is 19.1 Å². The van der Waals surface area contributed by atoms with Crippen molar-refractivity contribution in [2.75, 3.05) is 6.61 Å². The largest absolute Gasteiger partial charge is 0.488 e. The lowest BCUT2D eigenvalue weighted by atomic mass is 10.1. The van der Waals surface area contributed by atoms with Gasteiger partial charge in [-0.3, -0.25) is 4.79 Å². The van der Waals surface area contributed by atoms with Crippen molar-refractivity contribution in [2.24, 2.45) is 11.5 Å². The summed E-state index contributed by atoms with van der Waals surface area (Å²) in [6.07, 6.45) is 0. The zero-order chi connectivity index (χ0) is 12.3. The van der Waals surface area contributed by atoms with Gasteiger partial charge in [-0.1, -0.05) is 6.07 Å². The highest BCUT2D eigenvalue weighted by molar-refractivity contribution is 5.84. The zero-order valence-electron chi connectivity index (χ0n) is 8.67. The zero-order valence-corrected chi connectivity index (χ0v) is 8.67. The Morgan fingerprint density at radius 2 is 2.12 bits per heavy atom. The second kappa shape index (κ2) is 4.44. The first-order valence-electron chi connectivity index (χ1n) is 4.50. The molecule has 1 atom stereocenters. The molecule has 1 rings (SSSR count). The first-order chi connectivity index (χ1) is 7.34. The fraction of sp³-hybridized carbons (Fsp3) is 0.300. The van der Waals surface area contributed by atoms with Crippen LogP contribution in [0.3, 0.4) is 0 Å². The molecule has 0 aliphatic rings. The van der Waals surface area contributed by atoms with E-state index in [4.69, 9.17) is 16.2 Å². The predicted molar refractivity (Wildman–Crippen MR) is 53.6 cm³/mol. The van der Waals surface area contributed by atoms with Crippen molar-refractivity contribution < 1.29 is 18.3 Å². The van der Waals surface area contributed by atoms with Crippen LogP contribution in [0.2, 0.25) is 0 Å². The first-order valence-corrected chi connectivity index (χ1v) is 4.50. The van der Waals surface area contributed by atoms with E-state index in [1.54, 1.807) is 0 Å². The van der Waals surface area contributed by atoms with Gasteiger partial charge in [0.2, 0.25) is 11.7 Å². The molecule has 0 fully saturated rings. The van der Waals surface area contributed by atoms with Crippen LogP contribution in [0.25, 0.3) is 0 Å². The van der Waals surface area contributed by atoms with E-state index >= 15 is 0 Å². The van der Waals surface area contributed by atoms with Gasteiger partial charge >= 0.3 is 0 Å². The van der Waals surface area contributed by atoms with E-state index in [-0.39, 0.29) is 12.4 Å². The third-order valence-corrected chi connectivity index (χ3v) is 2.01. The highest BCUT2D eigenvalue weighted by Gasteiger charge is 2.27. The Balaban J connectivity index is 2.76. The molecule has 0 spiro atoms. The van der Waals surface area contributed by atoms with E-state index in [2.05, 4.69) is 0 Å². The Morgan fingerprint density at radius 1 is 1.50 bits per heavy atom. The molecule has 1 aromatic rings. The van der Waals surface area contributed by atoms with Gasteiger partial charge in [-0.2, -0.15) is 4.39 Å². The molecule has 0 saturated heterocycles. The van der Waals surface area contributed by atoms with Crippen LogP contribution in [0.15, 0.2) is 18.2 Å². The summed E-state index contributed by atoms with van der Waals surface area (Å²) in [7, 11) is 0. The predicted octanol–water partition coefficient (Wildman–Crippen LogP) is 0.546. The second-order valence-electron chi connectivity index (χ2n) is 3.62. The number of primary amides is 1. The summed E-state index contributed by atoms with van der Waals surface area (Å²) in [6.45, 7) is 1.01. The van der Waals surface area contributed by atoms with E-state index in [0.717, 1.165) is 6.07 Å². The van der Waals surface area contributed by atoms with Gasteiger partial charge in [0, 0.05) is 0 Å². The van der Waals surface area contributed by atoms with Crippen LogP contribution in [0.5, 0.6) is 5.75 Å². The molecule has 0 heterocycles. The molecule has 0 bridgehead atoms. The van der Waals surface area contributed by atoms with Crippen LogP contribution in [0, 0.1) is 11.6 Å². The molecular weight excluding hydrogens is 218 g/mol. The van der Waals surface area contributed by atoms with Gasteiger partial charge < -0.3 is 16.2 Å². The van der Waals surface area contributed by atoms with Gasteiger partial charge in [0.25, 0.3) is 0 Å². The van der Waals surface area contributed by atoms with Crippen LogP contribution in [0.1, 0.15) is 6.92 Å². The molecule has 1 amide bonds. The molecule has 4 N–H and O–H groups in total. The Bertz CT molecular complexity index is 408. The summed E-state index contributed by atoms with van der Waals surface area (Å²) in [6, 6.07) is 3.47. The molecule has 1 aromatic carbocycles. The quantitative estimate of drug-likeness (QED) is 0.792. The van der Waals surface area contributed by atoms with Gasteiger partial charge in [0.15, 0.2) is 11.6 Å². The monoisotopic (exact) mass is 230 g/mol. The molecule has 16 heavy (non-hydrogen) atoms. The summed E-state index contributed by atoms with van der Waals surface area (Å²) in [5, 5.41) is 0. The number of nitrogens with two attached hydrogens (primary N) is 2. The van der Waals surface area contributed by atoms with Crippen LogP contribution >= 0.6 is 0 Å². The second-order valence-corrected chi connectivity index (χ2v) is 3.62. The van der Waals surface area contributed by atoms with E-state index < -0.39 is 23.1 Å². The molecular formula is C10H12F2N2O2. The van der Waals surface area contributed by atoms with Crippen LogP contribution in [-0.2, 0) is 4.79 Å². The lowest BCUT2D eigenvalue weighted by molar-refractivity contribution is -0.123. The maximum absolute atomic E-state index is 13.1. The van der Waals surface area contributed by atoms with Crippen molar-refractivity contribution in [1.82, 2.24) is 0 Å². The van der Waals surface area contributed by atoms with Gasteiger partial charge in [-0.25, -0.2) is 4.39 Å². The molecule has 0 aliphatic carbocycles. The van der Waals surface area contributed by atoms with Gasteiger partial charge in [0.05, 0.1) is 0 Å². The summed E-state index contributed by atoms with van der Waals surface area (Å²) >= 11 is 0. The maximum atomic E-state index is 13.1. The summed E-state index contributed by atoms with van der Waals surface area (Å²) in [5.74, 6) is -3.25. The molecule has 0 saturated carbocycles. The number of rotatable bonds is 4. The maximum Gasteiger partial charge on any atom is 0.240 e. The number of ether oxygens (including phenoxy) is 1. The Morgan fingerprint density at radius 3 is 2.69 bits per heavy atom. The van der Waals surface area contributed by atoms with E-state index in [0.29, 0.717) is 0 Å². The fourth-order valence-electron chi connectivity index (χ4n) is 0.894. The van der Waals surface area contributed by atoms with Gasteiger partial charge in [-0.05, 0) is 19.1 Å². The van der Waals surface area contributed by atoms with Gasteiger partial charge in [0.1, 0.15) is 12.1 Å². The van der Waals surface area contributed by atoms with Crippen molar-refractivity contribution in [2.45, 2.75) is 12.5 Å². The minimum Gasteiger partial charge on any atom is -0.488 e. The minimum atomic E-state index is -1.43. The highest BCUT2D eigenvalue weighted by Crippen LogP contribution is 2.19. The third-order valence-electron chi connectivity index (χ3n) is 2.01. The average Bonchev–Trinajstić information content (AvgIpc) is 2.20. The van der Waals surface area contributed by atoms with Crippen LogP contribution in [0.4, 0.5) is 8.78 Å². The summed E-state index contributed by atoms with van der Waals surface area (Å²) in [4.78, 5) is 10.8. The van der Waals surface area contributed by atoms with Gasteiger partial charge in [-0.15, -0.1) is 0 Å². The van der Waals surface area contributed by atoms with Crippen molar-refractivity contribution in [3.05, 3.63) is 29.8 Å². The number of hydrogen-bond donors (Lipinski definition) is 2. The molecule has 0 aliphatic heterocycles. The Kier molecular flexibility index (Phi) is 3.44. The van der Waals surface area contributed by atoms with E-state index in [1.807, 2.05) is 0 Å². The minimum absolute atomic E-state index is 0.307. The van der Waals surface area contributed by atoms with Crippen LogP contribution in [-0.4, -0.2) is 18.1 Å². The lowest BCUT2D eigenvalue weighted by Gasteiger charge is -2.20. The fourth-order valence-corrected chi connectivity index (χ4v) is 0.894. The average molecular weight is 230 g/mol. The Hall–Kier alpha value is -1.69. The molecule has 0 aromatic heterocycles. The number of carbonyl (C=O) groups is 1. The standard InChI is InChI=1S/C10H12F2N2O2/c1-10(14,9(13)15)5-16-7-4-2-3-6(11)8(7)12/h2-4H,5,14H2,1H3,(H2,13,15). The molecule has 0 radical (unpaired) electrons. The van der Waals surface area contributed by atoms with E-state index in [9.17, 15) is 13.6 Å². The Labute approximate surface area is 91.2 Å². The van der Waals surface area contributed by atoms with Crippen LogP contribution < -0.4 is 16.2 Å². The number of benzene rings is 1. The smallest absolute Gasteiger partial charge is 0.240 e. The summed E-state index contributed by atoms with van der Waals surface area (Å²) in [5.41, 5.74) is 9.04. The van der Waals surface area contributed by atoms with Crippen molar-refractivity contribution >= 4 is 5.91 Å². The van der Waals surface area contributed by atoms with Crippen molar-refractivity contribution in [3.8, 4) is 5.75 Å². The number of halogens is 2. The van der Waals surface area contributed by atoms with Crippen molar-refractivity contribution in [1.29, 1.82) is 0 Å². The normalized spacial score (nSPS) is 14.2. The molecule has 6 heteroatoms. The topological polar surface area (TPSA) is 78.3 Å². The van der Waals surface area contributed by atoms with Crippen molar-refractivity contribution in [3.63, 3.8) is 0 Å².